The predicted molar refractivity (Wildman–Crippen MR) is 19.0 cm³/mol. The van der Waals surface area contributed by atoms with Gasteiger partial charge in [-0.1, -0.05) is 5.40 Å². The fourth-order valence-corrected chi connectivity index (χ4v) is 0. The van der Waals surface area contributed by atoms with E-state index in [1.807, 2.05) is 0 Å². The number of rotatable bonds is 0. The van der Waals surface area contributed by atoms with Gasteiger partial charge in [-0.05, 0) is 0 Å². The smallest absolute Gasteiger partial charge is 0.696 e. The summed E-state index contributed by atoms with van der Waals surface area (Å²) in [7, 11) is 0. The van der Waals surface area contributed by atoms with Gasteiger partial charge in [0, 0.05) is 0 Å². The van der Waals surface area contributed by atoms with Crippen molar-refractivity contribution in [2.75, 3.05) is 0 Å². The molecule has 0 saturated carbocycles. The Labute approximate surface area is 52.1 Å². The van der Waals surface area contributed by atoms with Crippen LogP contribution in [0.4, 0.5) is 0 Å². The summed E-state index contributed by atoms with van der Waals surface area (Å²) >= 11 is 3.70. The molecule has 0 fully saturated rings. The zero-order valence-corrected chi connectivity index (χ0v) is 5.64. The molecule has 0 amide bonds. The summed E-state index contributed by atoms with van der Waals surface area (Å²) in [5.41, 5.74) is 0. The molecule has 4 heteroatoms. The number of thiocyanates is 1. The fraction of sp³-hybridized carbons (Fsp3) is 0. The summed E-state index contributed by atoms with van der Waals surface area (Å²) < 4.78 is 0. The van der Waals surface area contributed by atoms with E-state index in [0.29, 0.717) is 0 Å². The van der Waals surface area contributed by atoms with Crippen molar-refractivity contribution in [1.82, 2.24) is 6.15 Å². The normalized spacial score (nSPS) is 1.40. The van der Waals surface area contributed by atoms with Gasteiger partial charge in [-0.25, -0.2) is 5.26 Å². The van der Waals surface area contributed by atoms with E-state index in [4.69, 9.17) is 5.26 Å². The second kappa shape index (κ2) is 25.8. The van der Waals surface area contributed by atoms with E-state index in [9.17, 15) is 0 Å². The summed E-state index contributed by atoms with van der Waals surface area (Å²) in [5.74, 6) is 0. The van der Waals surface area contributed by atoms with Crippen LogP contribution in [0.25, 0.3) is 0 Å². The molecule has 34 valence electrons. The second-order valence-electron chi connectivity index (χ2n) is 0.0913. The van der Waals surface area contributed by atoms with Crippen molar-refractivity contribution in [3.63, 3.8) is 0 Å². The van der Waals surface area contributed by atoms with E-state index >= 15 is 0 Å². The second-order valence-corrected chi connectivity index (χ2v) is 0.274. The van der Waals surface area contributed by atoms with E-state index < -0.39 is 0 Å². The average molecular weight is 273 g/mol. The van der Waals surface area contributed by atoms with Crippen LogP contribution in [0.2, 0.25) is 0 Å². The van der Waals surface area contributed by atoms with Gasteiger partial charge < -0.3 is 18.8 Å². The third kappa shape index (κ3) is 152. The van der Waals surface area contributed by atoms with Gasteiger partial charge in [0.05, 0.1) is 0 Å². The minimum atomic E-state index is 0. The van der Waals surface area contributed by atoms with Crippen molar-refractivity contribution in [3.8, 4) is 5.40 Å². The molecule has 0 spiro atoms. The molecule has 0 atom stereocenters. The molecule has 0 aliphatic carbocycles. The summed E-state index contributed by atoms with van der Waals surface area (Å²) in [4.78, 5) is 0. The third-order valence-corrected chi connectivity index (χ3v) is 0. The Morgan fingerprint density at radius 1 is 1.60 bits per heavy atom. The number of hydrogen-bond acceptors (Lipinski definition) is 2. The van der Waals surface area contributed by atoms with Crippen LogP contribution < -0.4 is 6.15 Å². The third-order valence-electron chi connectivity index (χ3n) is 0. The quantitative estimate of drug-likeness (QED) is 0.394. The molecule has 2 nitrogen and oxygen atoms in total. The van der Waals surface area contributed by atoms with Crippen molar-refractivity contribution in [2.45, 2.75) is 0 Å². The number of nitrogens with zero attached hydrogens (tertiary/aromatic N) is 1. The van der Waals surface area contributed by atoms with E-state index in [-0.39, 0.29) is 28.5 Å². The Hall–Kier alpha value is 0.410. The summed E-state index contributed by atoms with van der Waals surface area (Å²) in [6.07, 6.45) is 0. The van der Waals surface area contributed by atoms with E-state index in [2.05, 4.69) is 12.6 Å². The average Bonchev–Trinajstić information content (AvgIpc) is 0.918. The number of quaternary nitrogens is 1. The van der Waals surface area contributed by atoms with Gasteiger partial charge in [0.2, 0.25) is 0 Å². The standard InChI is InChI=1S/CHNS.Au.H3N/c2-1-3;;/h3H;;1H3/q;+1;. The molecule has 0 heterocycles. The summed E-state index contributed by atoms with van der Waals surface area (Å²) in [6.45, 7) is 0. The van der Waals surface area contributed by atoms with E-state index in [0.717, 1.165) is 0 Å². The predicted octanol–water partition coefficient (Wildman–Crippen LogP) is 0.388. The van der Waals surface area contributed by atoms with Gasteiger partial charge in [0.25, 0.3) is 0 Å². The van der Waals surface area contributed by atoms with Crippen LogP contribution in [-0.2, 0) is 35.0 Å². The molecule has 4 N–H and O–H groups in total. The van der Waals surface area contributed by atoms with Crippen molar-refractivity contribution < 1.29 is 22.4 Å². The molecule has 0 bridgehead atoms. The van der Waals surface area contributed by atoms with Crippen LogP contribution in [0.5, 0.6) is 0 Å². The van der Waals surface area contributed by atoms with Gasteiger partial charge in [0.1, 0.15) is 0 Å². The number of hydrogen-bond donors (Lipinski definition) is 1. The first-order chi connectivity index (χ1) is 1.41. The van der Waals surface area contributed by atoms with Crippen molar-refractivity contribution in [1.29, 1.82) is 5.26 Å². The summed E-state index contributed by atoms with van der Waals surface area (Å²) in [6, 6.07) is 0. The molecule has 0 rings (SSSR count). The van der Waals surface area contributed by atoms with Gasteiger partial charge in [-0.15, -0.1) is 0 Å². The molecule has 5 heavy (non-hydrogen) atoms. The zero-order valence-electron chi connectivity index (χ0n) is 2.66. The first kappa shape index (κ1) is 18.1. The van der Waals surface area contributed by atoms with Gasteiger partial charge >= 0.3 is 22.4 Å². The zero-order chi connectivity index (χ0) is 2.71. The van der Waals surface area contributed by atoms with Crippen LogP contribution in [0.1, 0.15) is 0 Å². The molecule has 0 aromatic rings. The van der Waals surface area contributed by atoms with Crippen LogP contribution in [0, 0.1) is 10.7 Å². The maximum atomic E-state index is 7.13. The van der Waals surface area contributed by atoms with Crippen molar-refractivity contribution in [2.24, 2.45) is 0 Å². The minimum absolute atomic E-state index is 0. The largest absolute Gasteiger partial charge is 1.00 e. The first-order valence-corrected chi connectivity index (χ1v) is 0.836. The first-order valence-electron chi connectivity index (χ1n) is 0.428. The topological polar surface area (TPSA) is 60.3 Å². The maximum absolute atomic E-state index is 7.13. The van der Waals surface area contributed by atoms with Crippen LogP contribution in [0.3, 0.4) is 0 Å². The Bertz CT molecular complexity index is 31.1. The number of nitriles is 1. The van der Waals surface area contributed by atoms with Gasteiger partial charge in [0.15, 0.2) is 0 Å². The molecular weight excluding hydrogens is 269 g/mol. The molecule has 0 unspecified atom stereocenters. The monoisotopic (exact) mass is 273 g/mol. The van der Waals surface area contributed by atoms with Crippen molar-refractivity contribution in [3.05, 3.63) is 0 Å². The summed E-state index contributed by atoms with van der Waals surface area (Å²) in [5, 5.41) is 8.47. The minimum Gasteiger partial charge on any atom is -0.696 e. The van der Waals surface area contributed by atoms with Gasteiger partial charge in [-0.3, -0.25) is 0 Å². The van der Waals surface area contributed by atoms with Crippen LogP contribution in [0.15, 0.2) is 0 Å². The Morgan fingerprint density at radius 2 is 1.60 bits per heavy atom. The molecule has 0 saturated heterocycles. The molecule has 0 radical (unpaired) electrons. The van der Waals surface area contributed by atoms with Gasteiger partial charge in [-0.2, -0.15) is 0 Å². The molecule has 0 aliphatic heterocycles. The van der Waals surface area contributed by atoms with Crippen molar-refractivity contribution >= 4 is 12.6 Å². The molecule has 0 aromatic carbocycles. The maximum Gasteiger partial charge on any atom is 1.00 e. The Morgan fingerprint density at radius 3 is 1.60 bits per heavy atom. The Kier molecular flexibility index (Phi) is 93.4. The van der Waals surface area contributed by atoms with E-state index in [1.165, 1.54) is 5.40 Å². The molecule has 0 aliphatic rings. The fourth-order valence-electron chi connectivity index (χ4n) is 0. The van der Waals surface area contributed by atoms with E-state index in [1.54, 1.807) is 0 Å². The van der Waals surface area contributed by atoms with Crippen LogP contribution >= 0.6 is 0 Å². The SMILES string of the molecule is N#C[S-].[Au+].[NH4+]. The van der Waals surface area contributed by atoms with Crippen LogP contribution in [-0.4, -0.2) is 0 Å². The molecular formula is CH4AuN2S+. The Balaban J connectivity index is -0.0000000200. The molecule has 0 aromatic heterocycles.